The summed E-state index contributed by atoms with van der Waals surface area (Å²) in [4.78, 5) is 25.9. The summed E-state index contributed by atoms with van der Waals surface area (Å²) in [6.45, 7) is 0. The smallest absolute Gasteiger partial charge is 0.256 e. The molecule has 0 radical (unpaired) electrons. The number of amides is 2. The first-order chi connectivity index (χ1) is 17.1. The van der Waals surface area contributed by atoms with Crippen molar-refractivity contribution in [3.05, 3.63) is 119 Å². The molecule has 35 heavy (non-hydrogen) atoms. The van der Waals surface area contributed by atoms with Gasteiger partial charge in [-0.1, -0.05) is 66.7 Å². The normalized spacial score (nSPS) is 10.3. The molecule has 0 spiro atoms. The number of carbonyl (C=O) groups is 2. The van der Waals surface area contributed by atoms with Gasteiger partial charge in [0.05, 0.1) is 25.6 Å². The van der Waals surface area contributed by atoms with Gasteiger partial charge in [-0.05, 0) is 35.7 Å². The van der Waals surface area contributed by atoms with Gasteiger partial charge in [-0.3, -0.25) is 9.59 Å². The van der Waals surface area contributed by atoms with Crippen LogP contribution in [0.25, 0.3) is 0 Å². The van der Waals surface area contributed by atoms with Gasteiger partial charge in [0.25, 0.3) is 11.8 Å². The monoisotopic (exact) mass is 466 g/mol. The number of nitrogens with one attached hydrogen (secondary N) is 2. The van der Waals surface area contributed by atoms with Crippen LogP contribution in [-0.2, 0) is 6.42 Å². The molecule has 4 aromatic rings. The molecular weight excluding hydrogens is 440 g/mol. The standard InChI is InChI=1S/C29H26N2O4/c1-34-26-19-25(27(35-2)18-24(26)30-28(32)21-13-7-4-8-14-21)31-29(33)23-16-10-9-15-22(23)17-20-11-5-3-6-12-20/h3-16,18-19H,17H2,1-2H3,(H,30,32)(H,31,33). The molecule has 0 fully saturated rings. The van der Waals surface area contributed by atoms with Crippen LogP contribution in [0.1, 0.15) is 31.8 Å². The van der Waals surface area contributed by atoms with Crippen LogP contribution in [0, 0.1) is 0 Å². The highest BCUT2D eigenvalue weighted by molar-refractivity contribution is 6.08. The van der Waals surface area contributed by atoms with Crippen LogP contribution in [0.3, 0.4) is 0 Å². The maximum atomic E-state index is 13.3. The Morgan fingerprint density at radius 2 is 1.17 bits per heavy atom. The van der Waals surface area contributed by atoms with Crippen LogP contribution in [0.5, 0.6) is 11.5 Å². The van der Waals surface area contributed by atoms with Gasteiger partial charge in [-0.15, -0.1) is 0 Å². The first-order valence-corrected chi connectivity index (χ1v) is 11.1. The van der Waals surface area contributed by atoms with E-state index in [0.29, 0.717) is 40.4 Å². The van der Waals surface area contributed by atoms with Crippen LogP contribution in [-0.4, -0.2) is 26.0 Å². The molecule has 0 saturated carbocycles. The van der Waals surface area contributed by atoms with E-state index in [-0.39, 0.29) is 11.8 Å². The Hall–Kier alpha value is -4.58. The molecule has 0 aromatic heterocycles. The molecular formula is C29H26N2O4. The molecule has 0 unspecified atom stereocenters. The Morgan fingerprint density at radius 3 is 1.77 bits per heavy atom. The van der Waals surface area contributed by atoms with Gasteiger partial charge in [-0.2, -0.15) is 0 Å². The first kappa shape index (κ1) is 23.6. The number of anilines is 2. The first-order valence-electron chi connectivity index (χ1n) is 11.1. The average Bonchev–Trinajstić information content (AvgIpc) is 2.90. The summed E-state index contributed by atoms with van der Waals surface area (Å²) in [7, 11) is 3.00. The number of rotatable bonds is 8. The summed E-state index contributed by atoms with van der Waals surface area (Å²) in [5.41, 5.74) is 3.97. The van der Waals surface area contributed by atoms with Crippen molar-refractivity contribution in [3.8, 4) is 11.5 Å². The van der Waals surface area contributed by atoms with Crippen molar-refractivity contribution in [2.75, 3.05) is 24.9 Å². The van der Waals surface area contributed by atoms with Crippen molar-refractivity contribution in [1.29, 1.82) is 0 Å². The zero-order chi connectivity index (χ0) is 24.6. The highest BCUT2D eigenvalue weighted by Crippen LogP contribution is 2.37. The van der Waals surface area contributed by atoms with Crippen LogP contribution >= 0.6 is 0 Å². The summed E-state index contributed by atoms with van der Waals surface area (Å²) in [5, 5.41) is 5.78. The van der Waals surface area contributed by atoms with Crippen molar-refractivity contribution < 1.29 is 19.1 Å². The summed E-state index contributed by atoms with van der Waals surface area (Å²) in [5.74, 6) is 0.238. The summed E-state index contributed by atoms with van der Waals surface area (Å²) < 4.78 is 11.0. The molecule has 6 heteroatoms. The maximum Gasteiger partial charge on any atom is 0.256 e. The molecule has 4 aromatic carbocycles. The second-order valence-corrected chi connectivity index (χ2v) is 7.85. The van der Waals surface area contributed by atoms with Crippen molar-refractivity contribution in [3.63, 3.8) is 0 Å². The van der Waals surface area contributed by atoms with E-state index < -0.39 is 0 Å². The fraction of sp³-hybridized carbons (Fsp3) is 0.103. The predicted octanol–water partition coefficient (Wildman–Crippen LogP) is 5.80. The Bertz CT molecular complexity index is 1320. The van der Waals surface area contributed by atoms with Gasteiger partial charge < -0.3 is 20.1 Å². The minimum absolute atomic E-state index is 0.266. The molecule has 0 aliphatic heterocycles. The maximum absolute atomic E-state index is 13.3. The van der Waals surface area contributed by atoms with Crippen LogP contribution in [0.2, 0.25) is 0 Å². The summed E-state index contributed by atoms with van der Waals surface area (Å²) >= 11 is 0. The van der Waals surface area contributed by atoms with Crippen LogP contribution < -0.4 is 20.1 Å². The Kier molecular flexibility index (Phi) is 7.43. The molecule has 2 N–H and O–H groups in total. The van der Waals surface area contributed by atoms with Gasteiger partial charge in [-0.25, -0.2) is 0 Å². The van der Waals surface area contributed by atoms with E-state index in [1.807, 2.05) is 54.6 Å². The second-order valence-electron chi connectivity index (χ2n) is 7.85. The lowest BCUT2D eigenvalue weighted by molar-refractivity contribution is 0.101. The van der Waals surface area contributed by atoms with Gasteiger partial charge in [0.1, 0.15) is 11.5 Å². The number of ether oxygens (including phenoxy) is 2. The van der Waals surface area contributed by atoms with Crippen molar-refractivity contribution in [2.24, 2.45) is 0 Å². The van der Waals surface area contributed by atoms with Crippen molar-refractivity contribution >= 4 is 23.2 Å². The lowest BCUT2D eigenvalue weighted by atomic mass is 9.99. The molecule has 0 bridgehead atoms. The lowest BCUT2D eigenvalue weighted by Crippen LogP contribution is -2.16. The van der Waals surface area contributed by atoms with Gasteiger partial charge in [0.2, 0.25) is 0 Å². The van der Waals surface area contributed by atoms with Gasteiger partial charge in [0.15, 0.2) is 0 Å². The molecule has 4 rings (SSSR count). The minimum Gasteiger partial charge on any atom is -0.494 e. The van der Waals surface area contributed by atoms with E-state index in [1.54, 1.807) is 42.5 Å². The third-order valence-corrected chi connectivity index (χ3v) is 5.55. The molecule has 0 aliphatic carbocycles. The quantitative estimate of drug-likeness (QED) is 0.344. The molecule has 0 aliphatic rings. The zero-order valence-electron chi connectivity index (χ0n) is 19.6. The number of methoxy groups -OCH3 is 2. The van der Waals surface area contributed by atoms with E-state index in [2.05, 4.69) is 10.6 Å². The van der Waals surface area contributed by atoms with E-state index in [0.717, 1.165) is 11.1 Å². The zero-order valence-corrected chi connectivity index (χ0v) is 19.6. The number of carbonyl (C=O) groups excluding carboxylic acids is 2. The average molecular weight is 467 g/mol. The lowest BCUT2D eigenvalue weighted by Gasteiger charge is -2.17. The topological polar surface area (TPSA) is 76.7 Å². The fourth-order valence-corrected chi connectivity index (χ4v) is 3.78. The largest absolute Gasteiger partial charge is 0.494 e. The minimum atomic E-state index is -0.280. The van der Waals surface area contributed by atoms with Crippen LogP contribution in [0.4, 0.5) is 11.4 Å². The van der Waals surface area contributed by atoms with Crippen molar-refractivity contribution in [2.45, 2.75) is 6.42 Å². The number of hydrogen-bond acceptors (Lipinski definition) is 4. The SMILES string of the molecule is COc1cc(NC(=O)c2ccccc2Cc2ccccc2)c(OC)cc1NC(=O)c1ccccc1. The predicted molar refractivity (Wildman–Crippen MR) is 138 cm³/mol. The second kappa shape index (κ2) is 11.0. The summed E-state index contributed by atoms with van der Waals surface area (Å²) in [6, 6.07) is 29.6. The van der Waals surface area contributed by atoms with E-state index in [4.69, 9.17) is 9.47 Å². The van der Waals surface area contributed by atoms with E-state index in [9.17, 15) is 9.59 Å². The summed E-state index contributed by atoms with van der Waals surface area (Å²) in [6.07, 6.45) is 0.634. The highest BCUT2D eigenvalue weighted by Gasteiger charge is 2.18. The molecule has 2 amide bonds. The van der Waals surface area contributed by atoms with Gasteiger partial charge in [0, 0.05) is 23.3 Å². The van der Waals surface area contributed by atoms with E-state index in [1.165, 1.54) is 14.2 Å². The molecule has 176 valence electrons. The van der Waals surface area contributed by atoms with Gasteiger partial charge >= 0.3 is 0 Å². The molecule has 0 saturated heterocycles. The third-order valence-electron chi connectivity index (χ3n) is 5.55. The van der Waals surface area contributed by atoms with E-state index >= 15 is 0 Å². The molecule has 6 nitrogen and oxygen atoms in total. The Morgan fingerprint density at radius 1 is 0.657 bits per heavy atom. The van der Waals surface area contributed by atoms with Crippen molar-refractivity contribution in [1.82, 2.24) is 0 Å². The Balaban J connectivity index is 1.59. The van der Waals surface area contributed by atoms with Crippen LogP contribution in [0.15, 0.2) is 97.1 Å². The number of hydrogen-bond donors (Lipinski definition) is 2. The molecule has 0 atom stereocenters. The fourth-order valence-electron chi connectivity index (χ4n) is 3.78. The highest BCUT2D eigenvalue weighted by atomic mass is 16.5. The Labute approximate surface area is 204 Å². The number of benzene rings is 4. The third kappa shape index (κ3) is 5.68. The molecule has 0 heterocycles.